The van der Waals surface area contributed by atoms with Gasteiger partial charge in [-0.3, -0.25) is 4.98 Å². The molecule has 0 aliphatic carbocycles. The third kappa shape index (κ3) is 4.05. The average Bonchev–Trinajstić information content (AvgIpc) is 3.09. The van der Waals surface area contributed by atoms with Gasteiger partial charge >= 0.3 is 6.36 Å². The topological polar surface area (TPSA) is 64.9 Å². The van der Waals surface area contributed by atoms with Crippen molar-refractivity contribution < 1.29 is 17.9 Å². The highest BCUT2D eigenvalue weighted by Crippen LogP contribution is 2.33. The Kier molecular flexibility index (Phi) is 5.03. The molecule has 0 saturated heterocycles. The van der Waals surface area contributed by atoms with Gasteiger partial charge in [0.15, 0.2) is 5.75 Å². The number of rotatable bonds is 5. The number of fused-ring (bicyclic) bond motifs is 1. The van der Waals surface area contributed by atoms with E-state index in [0.717, 1.165) is 16.5 Å². The van der Waals surface area contributed by atoms with E-state index >= 15 is 0 Å². The SMILES string of the molecule is CC(C)n1cc(-c2ccnc(Nc3ccccc3OC(F)(F)F)n2)c2ccncc21. The third-order valence-electron chi connectivity index (χ3n) is 4.48. The molecule has 9 heteroatoms. The fourth-order valence-electron chi connectivity index (χ4n) is 3.20. The van der Waals surface area contributed by atoms with Gasteiger partial charge in [-0.15, -0.1) is 13.2 Å². The zero-order valence-electron chi connectivity index (χ0n) is 16.2. The van der Waals surface area contributed by atoms with E-state index in [1.165, 1.54) is 18.2 Å². The van der Waals surface area contributed by atoms with Crippen molar-refractivity contribution in [3.63, 3.8) is 0 Å². The summed E-state index contributed by atoms with van der Waals surface area (Å²) in [6, 6.07) is 9.62. The molecule has 4 rings (SSSR count). The predicted octanol–water partition coefficient (Wildman–Crippen LogP) is 5.72. The maximum Gasteiger partial charge on any atom is 0.573 e. The van der Waals surface area contributed by atoms with Crippen molar-refractivity contribution in [1.29, 1.82) is 0 Å². The number of hydrogen-bond donors (Lipinski definition) is 1. The van der Waals surface area contributed by atoms with Crippen LogP contribution in [0.5, 0.6) is 5.75 Å². The molecule has 3 heterocycles. The van der Waals surface area contributed by atoms with E-state index in [4.69, 9.17) is 0 Å². The van der Waals surface area contributed by atoms with Gasteiger partial charge in [0.05, 0.1) is 23.1 Å². The monoisotopic (exact) mass is 413 g/mol. The van der Waals surface area contributed by atoms with Crippen LogP contribution in [0.3, 0.4) is 0 Å². The van der Waals surface area contributed by atoms with Crippen LogP contribution in [0.4, 0.5) is 24.8 Å². The fraction of sp³-hybridized carbons (Fsp3) is 0.190. The Morgan fingerprint density at radius 3 is 2.63 bits per heavy atom. The quantitative estimate of drug-likeness (QED) is 0.454. The number of anilines is 2. The summed E-state index contributed by atoms with van der Waals surface area (Å²) in [6.45, 7) is 4.14. The molecule has 0 amide bonds. The summed E-state index contributed by atoms with van der Waals surface area (Å²) in [5.41, 5.74) is 2.60. The Bertz CT molecular complexity index is 1190. The van der Waals surface area contributed by atoms with Gasteiger partial charge in [0.25, 0.3) is 0 Å². The Balaban J connectivity index is 1.71. The zero-order chi connectivity index (χ0) is 21.3. The van der Waals surface area contributed by atoms with Crippen LogP contribution in [-0.4, -0.2) is 25.9 Å². The molecular weight excluding hydrogens is 395 g/mol. The number of hydrogen-bond acceptors (Lipinski definition) is 5. The standard InChI is InChI=1S/C21H18F3N5O/c1-13(2)29-12-15(14-7-9-25-11-18(14)29)16-8-10-26-20(27-16)28-17-5-3-4-6-19(17)30-21(22,23)24/h3-13H,1-2H3,(H,26,27,28). The second-order valence-corrected chi connectivity index (χ2v) is 6.87. The number of halogens is 3. The molecule has 30 heavy (non-hydrogen) atoms. The second-order valence-electron chi connectivity index (χ2n) is 6.87. The maximum absolute atomic E-state index is 12.7. The first-order valence-corrected chi connectivity index (χ1v) is 9.21. The first kappa shape index (κ1) is 19.7. The van der Waals surface area contributed by atoms with Crippen molar-refractivity contribution in [3.05, 3.63) is 61.2 Å². The fourth-order valence-corrected chi connectivity index (χ4v) is 3.20. The molecule has 1 N–H and O–H groups in total. The molecular formula is C21H18F3N5O. The Morgan fingerprint density at radius 2 is 1.87 bits per heavy atom. The van der Waals surface area contributed by atoms with E-state index in [2.05, 4.69) is 43.4 Å². The predicted molar refractivity (Wildman–Crippen MR) is 108 cm³/mol. The number of nitrogens with zero attached hydrogens (tertiary/aromatic N) is 4. The molecule has 0 radical (unpaired) electrons. The highest BCUT2D eigenvalue weighted by atomic mass is 19.4. The third-order valence-corrected chi connectivity index (χ3v) is 4.48. The van der Waals surface area contributed by atoms with Gasteiger partial charge in [0, 0.05) is 35.6 Å². The van der Waals surface area contributed by atoms with E-state index in [9.17, 15) is 13.2 Å². The van der Waals surface area contributed by atoms with Gasteiger partial charge in [-0.1, -0.05) is 12.1 Å². The molecule has 0 atom stereocenters. The summed E-state index contributed by atoms with van der Waals surface area (Å²) in [5.74, 6) is -0.202. The minimum absolute atomic E-state index is 0.112. The zero-order valence-corrected chi connectivity index (χ0v) is 16.2. The molecule has 154 valence electrons. The lowest BCUT2D eigenvalue weighted by molar-refractivity contribution is -0.274. The van der Waals surface area contributed by atoms with Crippen LogP contribution in [-0.2, 0) is 0 Å². The number of para-hydroxylation sites is 2. The van der Waals surface area contributed by atoms with Gasteiger partial charge in [0.2, 0.25) is 5.95 Å². The number of benzene rings is 1. The van der Waals surface area contributed by atoms with Gasteiger partial charge < -0.3 is 14.6 Å². The number of ether oxygens (including phenoxy) is 1. The van der Waals surface area contributed by atoms with Crippen molar-refractivity contribution in [3.8, 4) is 17.0 Å². The summed E-state index contributed by atoms with van der Waals surface area (Å²) < 4.78 is 44.2. The molecule has 0 bridgehead atoms. The van der Waals surface area contributed by atoms with E-state index in [-0.39, 0.29) is 23.4 Å². The van der Waals surface area contributed by atoms with Gasteiger partial charge in [0.1, 0.15) is 0 Å². The van der Waals surface area contributed by atoms with Crippen LogP contribution in [0.25, 0.3) is 22.2 Å². The number of nitrogens with one attached hydrogen (secondary N) is 1. The minimum atomic E-state index is -4.80. The Morgan fingerprint density at radius 1 is 1.07 bits per heavy atom. The summed E-state index contributed by atoms with van der Waals surface area (Å²) in [6.07, 6.45) is 2.25. The highest BCUT2D eigenvalue weighted by Gasteiger charge is 2.32. The Hall–Kier alpha value is -3.62. The molecule has 3 aromatic heterocycles. The van der Waals surface area contributed by atoms with Crippen molar-refractivity contribution in [1.82, 2.24) is 19.5 Å². The van der Waals surface area contributed by atoms with Crippen LogP contribution >= 0.6 is 0 Å². The molecule has 0 spiro atoms. The minimum Gasteiger partial charge on any atom is -0.404 e. The van der Waals surface area contributed by atoms with Crippen molar-refractivity contribution in [2.45, 2.75) is 26.3 Å². The molecule has 4 aromatic rings. The lowest BCUT2D eigenvalue weighted by Crippen LogP contribution is -2.18. The number of alkyl halides is 3. The summed E-state index contributed by atoms with van der Waals surface area (Å²) in [5, 5.41) is 3.79. The molecule has 0 unspecified atom stereocenters. The normalized spacial score (nSPS) is 11.8. The van der Waals surface area contributed by atoms with E-state index in [0.29, 0.717) is 5.69 Å². The van der Waals surface area contributed by atoms with Crippen molar-refractivity contribution in [2.75, 3.05) is 5.32 Å². The van der Waals surface area contributed by atoms with Crippen molar-refractivity contribution in [2.24, 2.45) is 0 Å². The largest absolute Gasteiger partial charge is 0.573 e. The first-order valence-electron chi connectivity index (χ1n) is 9.21. The van der Waals surface area contributed by atoms with E-state index in [1.54, 1.807) is 30.7 Å². The number of aromatic nitrogens is 4. The van der Waals surface area contributed by atoms with Gasteiger partial charge in [-0.25, -0.2) is 9.97 Å². The first-order chi connectivity index (χ1) is 14.3. The molecule has 0 fully saturated rings. The van der Waals surface area contributed by atoms with Crippen LogP contribution in [0, 0.1) is 0 Å². The smallest absolute Gasteiger partial charge is 0.404 e. The van der Waals surface area contributed by atoms with Crippen LogP contribution in [0.2, 0.25) is 0 Å². The summed E-state index contributed by atoms with van der Waals surface area (Å²) >= 11 is 0. The molecule has 1 aromatic carbocycles. The molecule has 6 nitrogen and oxygen atoms in total. The van der Waals surface area contributed by atoms with E-state index in [1.807, 2.05) is 12.3 Å². The van der Waals surface area contributed by atoms with Crippen LogP contribution in [0.15, 0.2) is 61.2 Å². The summed E-state index contributed by atoms with van der Waals surface area (Å²) in [7, 11) is 0. The number of pyridine rings is 1. The lowest BCUT2D eigenvalue weighted by atomic mass is 10.1. The molecule has 0 aliphatic heterocycles. The average molecular weight is 413 g/mol. The lowest BCUT2D eigenvalue weighted by Gasteiger charge is -2.14. The van der Waals surface area contributed by atoms with Crippen molar-refractivity contribution >= 4 is 22.5 Å². The van der Waals surface area contributed by atoms with Gasteiger partial charge in [-0.2, -0.15) is 0 Å². The molecule has 0 saturated carbocycles. The van der Waals surface area contributed by atoms with Crippen LogP contribution in [0.1, 0.15) is 19.9 Å². The molecule has 0 aliphatic rings. The maximum atomic E-state index is 12.7. The summed E-state index contributed by atoms with van der Waals surface area (Å²) in [4.78, 5) is 12.9. The Labute approximate surface area is 170 Å². The van der Waals surface area contributed by atoms with Gasteiger partial charge in [-0.05, 0) is 38.1 Å². The highest BCUT2D eigenvalue weighted by molar-refractivity contribution is 5.94. The van der Waals surface area contributed by atoms with E-state index < -0.39 is 6.36 Å². The van der Waals surface area contributed by atoms with Crippen LogP contribution < -0.4 is 10.1 Å². The second kappa shape index (κ2) is 7.66.